The van der Waals surface area contributed by atoms with E-state index in [0.717, 1.165) is 0 Å². The topological polar surface area (TPSA) is 96.5 Å². The number of amides is 1. The van der Waals surface area contributed by atoms with Gasteiger partial charge in [0, 0.05) is 11.2 Å². The molecule has 1 rings (SSSR count). The molecule has 0 bridgehead atoms. The van der Waals surface area contributed by atoms with Gasteiger partial charge < -0.3 is 5.11 Å². The van der Waals surface area contributed by atoms with Gasteiger partial charge in [0.2, 0.25) is 0 Å². The van der Waals surface area contributed by atoms with E-state index in [-0.39, 0.29) is 5.69 Å². The summed E-state index contributed by atoms with van der Waals surface area (Å²) in [5, 5.41) is 9.30. The Morgan fingerprint density at radius 2 is 2.27 bits per heavy atom. The number of pyridine rings is 1. The molecule has 6 nitrogen and oxygen atoms in total. The van der Waals surface area contributed by atoms with Crippen LogP contribution in [0, 0.1) is 0 Å². The summed E-state index contributed by atoms with van der Waals surface area (Å²) in [6, 6.07) is 2.81. The minimum absolute atomic E-state index is 0.00579. The van der Waals surface area contributed by atoms with Crippen molar-refractivity contribution in [3.63, 3.8) is 0 Å². The van der Waals surface area contributed by atoms with Gasteiger partial charge >= 0.3 is 5.97 Å². The first-order chi connectivity index (χ1) is 7.00. The van der Waals surface area contributed by atoms with Crippen molar-refractivity contribution in [2.45, 2.75) is 0 Å². The number of aromatic nitrogens is 1. The zero-order valence-corrected chi connectivity index (χ0v) is 8.31. The van der Waals surface area contributed by atoms with Gasteiger partial charge in [-0.1, -0.05) is 11.6 Å². The number of rotatable bonds is 3. The van der Waals surface area contributed by atoms with Crippen molar-refractivity contribution in [1.82, 2.24) is 9.99 Å². The quantitative estimate of drug-likeness (QED) is 0.436. The summed E-state index contributed by atoms with van der Waals surface area (Å²) in [4.78, 5) is 25.5. The molecule has 0 saturated carbocycles. The fourth-order valence-electron chi connectivity index (χ4n) is 0.886. The Bertz CT molecular complexity index is 396. The number of carboxylic acids is 1. The van der Waals surface area contributed by atoms with Crippen LogP contribution >= 0.6 is 11.6 Å². The maximum atomic E-state index is 11.4. The van der Waals surface area contributed by atoms with Gasteiger partial charge in [-0.2, -0.15) is 0 Å². The molecule has 80 valence electrons. The Kier molecular flexibility index (Phi) is 3.59. The summed E-state index contributed by atoms with van der Waals surface area (Å²) in [5.41, 5.74) is 0.00579. The van der Waals surface area contributed by atoms with E-state index in [1.165, 1.54) is 18.3 Å². The monoisotopic (exact) mass is 229 g/mol. The van der Waals surface area contributed by atoms with E-state index < -0.39 is 18.4 Å². The highest BCUT2D eigenvalue weighted by molar-refractivity contribution is 6.30. The number of carbonyl (C=O) groups excluding carboxylic acids is 1. The molecule has 0 aliphatic heterocycles. The fourth-order valence-corrected chi connectivity index (χ4v) is 1.05. The van der Waals surface area contributed by atoms with Crippen LogP contribution in [-0.4, -0.2) is 33.5 Å². The van der Waals surface area contributed by atoms with Gasteiger partial charge in [-0.05, 0) is 12.1 Å². The Labute approximate surface area is 90.2 Å². The Morgan fingerprint density at radius 1 is 1.60 bits per heavy atom. The molecule has 1 aromatic heterocycles. The molecule has 0 aliphatic rings. The van der Waals surface area contributed by atoms with Gasteiger partial charge in [0.15, 0.2) is 0 Å². The van der Waals surface area contributed by atoms with Crippen molar-refractivity contribution in [2.24, 2.45) is 5.84 Å². The zero-order chi connectivity index (χ0) is 11.4. The molecule has 3 N–H and O–H groups in total. The van der Waals surface area contributed by atoms with E-state index in [9.17, 15) is 9.59 Å². The van der Waals surface area contributed by atoms with Crippen molar-refractivity contribution < 1.29 is 14.7 Å². The number of hydrazine groups is 1. The van der Waals surface area contributed by atoms with Gasteiger partial charge in [0.1, 0.15) is 12.2 Å². The molecule has 0 aromatic carbocycles. The standard InChI is InChI=1S/C8H8ClN3O3/c9-5-1-2-11-6(3-5)8(15)12(10)4-7(13)14/h1-3H,4,10H2,(H,13,14). The number of hydrogen-bond acceptors (Lipinski definition) is 4. The van der Waals surface area contributed by atoms with Gasteiger partial charge in [-0.3, -0.25) is 19.6 Å². The minimum atomic E-state index is -1.20. The third-order valence-corrected chi connectivity index (χ3v) is 1.74. The molecule has 1 heterocycles. The number of hydrogen-bond donors (Lipinski definition) is 2. The number of nitrogens with two attached hydrogens (primary N) is 1. The minimum Gasteiger partial charge on any atom is -0.480 e. The summed E-state index contributed by atoms with van der Waals surface area (Å²) in [6.07, 6.45) is 1.34. The predicted molar refractivity (Wildman–Crippen MR) is 52.1 cm³/mol. The van der Waals surface area contributed by atoms with E-state index in [1.807, 2.05) is 0 Å². The summed E-state index contributed by atoms with van der Waals surface area (Å²) >= 11 is 5.63. The molecule has 1 aromatic rings. The van der Waals surface area contributed by atoms with Crippen LogP contribution in [0.25, 0.3) is 0 Å². The van der Waals surface area contributed by atoms with Crippen LogP contribution in [0.2, 0.25) is 5.02 Å². The normalized spacial score (nSPS) is 9.73. The molecule has 7 heteroatoms. The second-order valence-corrected chi connectivity index (χ2v) is 3.12. The largest absolute Gasteiger partial charge is 0.480 e. The number of nitrogens with zero attached hydrogens (tertiary/aromatic N) is 2. The molecule has 1 amide bonds. The van der Waals surface area contributed by atoms with Gasteiger partial charge in [-0.25, -0.2) is 5.84 Å². The van der Waals surface area contributed by atoms with Gasteiger partial charge in [0.25, 0.3) is 5.91 Å². The van der Waals surface area contributed by atoms with Crippen molar-refractivity contribution in [3.05, 3.63) is 29.0 Å². The van der Waals surface area contributed by atoms with E-state index in [4.69, 9.17) is 22.6 Å². The number of halogens is 1. The highest BCUT2D eigenvalue weighted by Gasteiger charge is 2.16. The third-order valence-electron chi connectivity index (χ3n) is 1.51. The first-order valence-corrected chi connectivity index (χ1v) is 4.28. The predicted octanol–water partition coefficient (Wildman–Crippen LogP) is 0.136. The van der Waals surface area contributed by atoms with Crippen LogP contribution in [0.5, 0.6) is 0 Å². The van der Waals surface area contributed by atoms with Crippen molar-refractivity contribution >= 4 is 23.5 Å². The third kappa shape index (κ3) is 3.19. The summed E-state index contributed by atoms with van der Waals surface area (Å²) in [5.74, 6) is 3.32. The first kappa shape index (κ1) is 11.4. The van der Waals surface area contributed by atoms with E-state index in [1.54, 1.807) is 0 Å². The van der Waals surface area contributed by atoms with E-state index in [2.05, 4.69) is 4.98 Å². The van der Waals surface area contributed by atoms with Crippen molar-refractivity contribution in [2.75, 3.05) is 6.54 Å². The lowest BCUT2D eigenvalue weighted by atomic mass is 10.3. The molecule has 0 spiro atoms. The lowest BCUT2D eigenvalue weighted by Crippen LogP contribution is -2.41. The summed E-state index contributed by atoms with van der Waals surface area (Å²) in [7, 11) is 0. The molecule has 15 heavy (non-hydrogen) atoms. The van der Waals surface area contributed by atoms with Crippen molar-refractivity contribution in [3.8, 4) is 0 Å². The second kappa shape index (κ2) is 4.72. The maximum absolute atomic E-state index is 11.4. The highest BCUT2D eigenvalue weighted by atomic mass is 35.5. The molecular formula is C8H8ClN3O3. The second-order valence-electron chi connectivity index (χ2n) is 2.69. The van der Waals surface area contributed by atoms with Crippen LogP contribution in [0.15, 0.2) is 18.3 Å². The smallest absolute Gasteiger partial charge is 0.324 e. The average Bonchev–Trinajstić information content (AvgIpc) is 2.15. The van der Waals surface area contributed by atoms with Crippen LogP contribution in [0.1, 0.15) is 10.5 Å². The number of carbonyl (C=O) groups is 2. The first-order valence-electron chi connectivity index (χ1n) is 3.90. The summed E-state index contributed by atoms with van der Waals surface area (Å²) in [6.45, 7) is -0.590. The molecule has 0 radical (unpaired) electrons. The average molecular weight is 230 g/mol. The molecule has 0 atom stereocenters. The Balaban J connectivity index is 2.80. The number of carboxylic acid groups (broad SMARTS) is 1. The summed E-state index contributed by atoms with van der Waals surface area (Å²) < 4.78 is 0. The molecular weight excluding hydrogens is 222 g/mol. The lowest BCUT2D eigenvalue weighted by molar-refractivity contribution is -0.137. The SMILES string of the molecule is NN(CC(=O)O)C(=O)c1cc(Cl)ccn1. The van der Waals surface area contributed by atoms with Crippen molar-refractivity contribution in [1.29, 1.82) is 0 Å². The molecule has 0 fully saturated rings. The van der Waals surface area contributed by atoms with Crippen LogP contribution < -0.4 is 5.84 Å². The Morgan fingerprint density at radius 3 is 2.80 bits per heavy atom. The number of aliphatic carboxylic acids is 1. The van der Waals surface area contributed by atoms with Gasteiger partial charge in [0.05, 0.1) is 0 Å². The highest BCUT2D eigenvalue weighted by Crippen LogP contribution is 2.08. The van der Waals surface area contributed by atoms with Gasteiger partial charge in [-0.15, -0.1) is 0 Å². The van der Waals surface area contributed by atoms with Crippen LogP contribution in [-0.2, 0) is 4.79 Å². The van der Waals surface area contributed by atoms with E-state index >= 15 is 0 Å². The fraction of sp³-hybridized carbons (Fsp3) is 0.125. The molecule has 0 unspecified atom stereocenters. The van der Waals surface area contributed by atoms with E-state index in [0.29, 0.717) is 10.0 Å². The van der Waals surface area contributed by atoms with Crippen LogP contribution in [0.3, 0.4) is 0 Å². The molecule has 0 saturated heterocycles. The lowest BCUT2D eigenvalue weighted by Gasteiger charge is -2.12. The zero-order valence-electron chi connectivity index (χ0n) is 7.55. The molecule has 0 aliphatic carbocycles. The van der Waals surface area contributed by atoms with Crippen LogP contribution in [0.4, 0.5) is 0 Å². The maximum Gasteiger partial charge on any atom is 0.324 e. The Hall–Kier alpha value is -1.66.